The number of rotatable bonds is 3. The molecule has 1 aromatic heterocycles. The molecule has 0 radical (unpaired) electrons. The van der Waals surface area contributed by atoms with Crippen LogP contribution >= 0.6 is 27.5 Å². The van der Waals surface area contributed by atoms with Gasteiger partial charge in [0.25, 0.3) is 0 Å². The lowest BCUT2D eigenvalue weighted by Gasteiger charge is -2.09. The summed E-state index contributed by atoms with van der Waals surface area (Å²) in [5, 5.41) is 8.89. The Morgan fingerprint density at radius 2 is 1.86 bits per heavy atom. The lowest BCUT2D eigenvalue weighted by Crippen LogP contribution is -2.00. The topological polar surface area (TPSA) is 49.8 Å². The molecular formula is C15H12BrClN4. The molecule has 6 heteroatoms. The van der Waals surface area contributed by atoms with Crippen LogP contribution < -0.4 is 10.6 Å². The van der Waals surface area contributed by atoms with Crippen molar-refractivity contribution in [3.8, 4) is 0 Å². The third-order valence-electron chi connectivity index (χ3n) is 3.03. The number of hydrogen-bond acceptors (Lipinski definition) is 4. The number of halogens is 2. The summed E-state index contributed by atoms with van der Waals surface area (Å²) in [6.07, 6.45) is 1.57. The average Bonchev–Trinajstić information content (AvgIpc) is 2.49. The van der Waals surface area contributed by atoms with Crippen LogP contribution in [0.4, 0.5) is 17.5 Å². The van der Waals surface area contributed by atoms with E-state index in [1.807, 2.05) is 12.1 Å². The van der Waals surface area contributed by atoms with Crippen molar-refractivity contribution < 1.29 is 0 Å². The smallest absolute Gasteiger partial charge is 0.224 e. The highest BCUT2D eigenvalue weighted by Crippen LogP contribution is 2.27. The number of aromatic nitrogens is 2. The van der Waals surface area contributed by atoms with E-state index in [9.17, 15) is 0 Å². The first-order valence-corrected chi connectivity index (χ1v) is 7.49. The Bertz CT molecular complexity index is 807. The van der Waals surface area contributed by atoms with Crippen molar-refractivity contribution in [1.82, 2.24) is 9.97 Å². The number of nitrogens with zero attached hydrogens (tertiary/aromatic N) is 2. The number of fused-ring (bicyclic) bond motifs is 1. The van der Waals surface area contributed by atoms with E-state index in [2.05, 4.69) is 60.8 Å². The van der Waals surface area contributed by atoms with Gasteiger partial charge >= 0.3 is 0 Å². The van der Waals surface area contributed by atoms with E-state index in [1.54, 1.807) is 13.2 Å². The van der Waals surface area contributed by atoms with Gasteiger partial charge in [0.05, 0.1) is 6.20 Å². The predicted molar refractivity (Wildman–Crippen MR) is 91.5 cm³/mol. The Morgan fingerprint density at radius 1 is 1.10 bits per heavy atom. The molecule has 0 aliphatic heterocycles. The highest BCUT2D eigenvalue weighted by Gasteiger charge is 2.06. The summed E-state index contributed by atoms with van der Waals surface area (Å²) in [4.78, 5) is 8.37. The van der Waals surface area contributed by atoms with Gasteiger partial charge in [0.2, 0.25) is 5.95 Å². The summed E-state index contributed by atoms with van der Waals surface area (Å²) >= 11 is 9.59. The summed E-state index contributed by atoms with van der Waals surface area (Å²) < 4.78 is 1.06. The van der Waals surface area contributed by atoms with E-state index in [0.717, 1.165) is 15.5 Å². The maximum atomic E-state index is 6.12. The maximum absolute atomic E-state index is 6.12. The van der Waals surface area contributed by atoms with Crippen molar-refractivity contribution in [2.75, 3.05) is 17.7 Å². The van der Waals surface area contributed by atoms with Crippen molar-refractivity contribution in [2.24, 2.45) is 0 Å². The maximum Gasteiger partial charge on any atom is 0.224 e. The molecule has 0 bridgehead atoms. The molecule has 3 aromatic rings. The molecule has 4 nitrogen and oxygen atoms in total. The van der Waals surface area contributed by atoms with Gasteiger partial charge in [0.1, 0.15) is 5.02 Å². The Balaban J connectivity index is 1.96. The van der Waals surface area contributed by atoms with Crippen LogP contribution in [0.2, 0.25) is 5.02 Å². The summed E-state index contributed by atoms with van der Waals surface area (Å²) in [5.74, 6) is 1.10. The van der Waals surface area contributed by atoms with Crippen LogP contribution in [-0.4, -0.2) is 17.0 Å². The van der Waals surface area contributed by atoms with E-state index in [0.29, 0.717) is 16.8 Å². The zero-order valence-corrected chi connectivity index (χ0v) is 13.5. The number of anilines is 3. The summed E-state index contributed by atoms with van der Waals surface area (Å²) in [7, 11) is 1.76. The second-order valence-corrected chi connectivity index (χ2v) is 5.79. The van der Waals surface area contributed by atoms with Crippen LogP contribution in [0, 0.1) is 0 Å². The largest absolute Gasteiger partial charge is 0.357 e. The van der Waals surface area contributed by atoms with Crippen molar-refractivity contribution in [3.05, 3.63) is 52.1 Å². The van der Waals surface area contributed by atoms with E-state index >= 15 is 0 Å². The molecule has 0 unspecified atom stereocenters. The van der Waals surface area contributed by atoms with Gasteiger partial charge in [-0.2, -0.15) is 4.98 Å². The monoisotopic (exact) mass is 362 g/mol. The molecule has 0 fully saturated rings. The fraction of sp³-hybridized carbons (Fsp3) is 0.0667. The minimum atomic E-state index is 0.477. The van der Waals surface area contributed by atoms with Crippen molar-refractivity contribution in [3.63, 3.8) is 0 Å². The van der Waals surface area contributed by atoms with Gasteiger partial charge in [0, 0.05) is 17.2 Å². The molecule has 2 aromatic carbocycles. The van der Waals surface area contributed by atoms with Gasteiger partial charge in [-0.1, -0.05) is 39.7 Å². The summed E-state index contributed by atoms with van der Waals surface area (Å²) in [6, 6.07) is 12.3. The van der Waals surface area contributed by atoms with Crippen LogP contribution in [0.3, 0.4) is 0 Å². The third kappa shape index (κ3) is 3.09. The van der Waals surface area contributed by atoms with Crippen LogP contribution in [0.5, 0.6) is 0 Å². The van der Waals surface area contributed by atoms with Gasteiger partial charge < -0.3 is 10.6 Å². The van der Waals surface area contributed by atoms with Gasteiger partial charge in [-0.15, -0.1) is 0 Å². The van der Waals surface area contributed by atoms with Crippen molar-refractivity contribution in [1.29, 1.82) is 0 Å². The molecule has 106 valence electrons. The highest BCUT2D eigenvalue weighted by molar-refractivity contribution is 9.10. The Kier molecular flexibility index (Phi) is 3.94. The van der Waals surface area contributed by atoms with E-state index < -0.39 is 0 Å². The molecule has 0 spiro atoms. The molecule has 0 aliphatic carbocycles. The van der Waals surface area contributed by atoms with Gasteiger partial charge in [-0.3, -0.25) is 0 Å². The van der Waals surface area contributed by atoms with Crippen molar-refractivity contribution >= 4 is 55.8 Å². The van der Waals surface area contributed by atoms with Gasteiger partial charge in [-0.25, -0.2) is 4.98 Å². The molecule has 2 N–H and O–H groups in total. The van der Waals surface area contributed by atoms with Gasteiger partial charge in [0.15, 0.2) is 5.82 Å². The summed E-state index contributed by atoms with van der Waals surface area (Å²) in [6.45, 7) is 0. The van der Waals surface area contributed by atoms with Crippen molar-refractivity contribution in [2.45, 2.75) is 0 Å². The van der Waals surface area contributed by atoms with Crippen LogP contribution in [0.15, 0.2) is 47.1 Å². The predicted octanol–water partition coefficient (Wildman–Crippen LogP) is 4.83. The molecule has 0 atom stereocenters. The van der Waals surface area contributed by atoms with E-state index in [4.69, 9.17) is 11.6 Å². The molecule has 21 heavy (non-hydrogen) atoms. The molecule has 0 amide bonds. The molecule has 0 saturated carbocycles. The highest BCUT2D eigenvalue weighted by atomic mass is 79.9. The summed E-state index contributed by atoms with van der Waals surface area (Å²) in [5.41, 5.74) is 0.924. The number of hydrogen-bond donors (Lipinski definition) is 2. The lowest BCUT2D eigenvalue weighted by molar-refractivity contribution is 1.15. The second-order valence-electron chi connectivity index (χ2n) is 4.47. The standard InChI is InChI=1S/C15H12BrClN4/c1-18-15-19-8-13(17)14(21-15)20-12-5-3-9-6-11(16)4-2-10(9)7-12/h2-8H,1H3,(H2,18,19,20,21). The molecule has 0 aliphatic rings. The number of nitrogens with one attached hydrogen (secondary N) is 2. The van der Waals surface area contributed by atoms with Crippen LogP contribution in [0.25, 0.3) is 10.8 Å². The number of benzene rings is 2. The minimum Gasteiger partial charge on any atom is -0.357 e. The minimum absolute atomic E-state index is 0.477. The average molecular weight is 364 g/mol. The first kappa shape index (κ1) is 14.1. The van der Waals surface area contributed by atoms with Crippen LogP contribution in [-0.2, 0) is 0 Å². The molecule has 3 rings (SSSR count). The SMILES string of the molecule is CNc1ncc(Cl)c(Nc2ccc3cc(Br)ccc3c2)n1. The second kappa shape index (κ2) is 5.87. The first-order chi connectivity index (χ1) is 10.2. The Labute approximate surface area is 135 Å². The normalized spacial score (nSPS) is 10.6. The fourth-order valence-electron chi connectivity index (χ4n) is 2.01. The van der Waals surface area contributed by atoms with Crippen LogP contribution in [0.1, 0.15) is 0 Å². The Morgan fingerprint density at radius 3 is 2.67 bits per heavy atom. The van der Waals surface area contributed by atoms with E-state index in [1.165, 1.54) is 5.39 Å². The lowest BCUT2D eigenvalue weighted by atomic mass is 10.1. The molecule has 0 saturated heterocycles. The van der Waals surface area contributed by atoms with E-state index in [-0.39, 0.29) is 0 Å². The third-order valence-corrected chi connectivity index (χ3v) is 3.80. The zero-order chi connectivity index (χ0) is 14.8. The van der Waals surface area contributed by atoms with Gasteiger partial charge in [-0.05, 0) is 35.0 Å². The molecular weight excluding hydrogens is 352 g/mol. The molecule has 1 heterocycles. The zero-order valence-electron chi connectivity index (χ0n) is 11.2. The quantitative estimate of drug-likeness (QED) is 0.699. The fourth-order valence-corrected chi connectivity index (χ4v) is 2.52. The first-order valence-electron chi connectivity index (χ1n) is 6.32. The Hall–Kier alpha value is -1.85.